The van der Waals surface area contributed by atoms with Gasteiger partial charge >= 0.3 is 0 Å². The number of hydrogen-bond acceptors (Lipinski definition) is 4. The van der Waals surface area contributed by atoms with Gasteiger partial charge in [-0.15, -0.1) is 0 Å². The molecule has 1 N–H and O–H groups in total. The third kappa shape index (κ3) is 4.67. The van der Waals surface area contributed by atoms with Crippen molar-refractivity contribution in [2.45, 2.75) is 13.8 Å². The molecule has 6 heteroatoms. The second-order valence-corrected chi connectivity index (χ2v) is 5.46. The number of Topliss-reactive ketones (excluding diaryl/α,β-unsaturated/α-hetero) is 1. The number of carbonyl (C=O) groups is 3. The quantitative estimate of drug-likeness (QED) is 0.821. The van der Waals surface area contributed by atoms with Crippen molar-refractivity contribution in [2.24, 2.45) is 0 Å². The number of nitrogens with zero attached hydrogens (tertiary/aromatic N) is 1. The van der Waals surface area contributed by atoms with Crippen LogP contribution in [0.3, 0.4) is 0 Å². The molecule has 0 atom stereocenters. The Morgan fingerprint density at radius 1 is 1.00 bits per heavy atom. The molecule has 0 saturated heterocycles. The molecule has 0 bridgehead atoms. The largest absolute Gasteiger partial charge is 0.495 e. The van der Waals surface area contributed by atoms with Crippen molar-refractivity contribution in [2.75, 3.05) is 23.9 Å². The molecule has 0 fully saturated rings. The van der Waals surface area contributed by atoms with Crippen LogP contribution in [0.4, 0.5) is 11.4 Å². The minimum absolute atomic E-state index is 0.0446. The van der Waals surface area contributed by atoms with E-state index in [9.17, 15) is 14.4 Å². The fourth-order valence-corrected chi connectivity index (χ4v) is 2.35. The van der Waals surface area contributed by atoms with E-state index in [0.29, 0.717) is 22.7 Å². The maximum Gasteiger partial charge on any atom is 0.244 e. The van der Waals surface area contributed by atoms with E-state index in [2.05, 4.69) is 5.32 Å². The molecule has 2 aromatic rings. The van der Waals surface area contributed by atoms with E-state index in [1.807, 2.05) is 0 Å². The molecule has 0 aliphatic heterocycles. The van der Waals surface area contributed by atoms with E-state index in [0.717, 1.165) is 0 Å². The van der Waals surface area contributed by atoms with Crippen LogP contribution in [0, 0.1) is 0 Å². The van der Waals surface area contributed by atoms with Gasteiger partial charge in [0.05, 0.1) is 12.8 Å². The van der Waals surface area contributed by atoms with Crippen LogP contribution in [-0.2, 0) is 9.59 Å². The van der Waals surface area contributed by atoms with Crippen molar-refractivity contribution in [1.82, 2.24) is 0 Å². The first-order valence-electron chi connectivity index (χ1n) is 7.74. The minimum Gasteiger partial charge on any atom is -0.495 e. The van der Waals surface area contributed by atoms with E-state index >= 15 is 0 Å². The van der Waals surface area contributed by atoms with Crippen molar-refractivity contribution < 1.29 is 19.1 Å². The maximum absolute atomic E-state index is 12.3. The number of anilines is 2. The average Bonchev–Trinajstić information content (AvgIpc) is 2.60. The van der Waals surface area contributed by atoms with E-state index in [1.165, 1.54) is 25.9 Å². The minimum atomic E-state index is -0.350. The predicted molar refractivity (Wildman–Crippen MR) is 96.1 cm³/mol. The van der Waals surface area contributed by atoms with Crippen LogP contribution in [0.15, 0.2) is 48.5 Å². The predicted octanol–water partition coefficient (Wildman–Crippen LogP) is 2.89. The Morgan fingerprint density at radius 3 is 2.20 bits per heavy atom. The molecule has 0 aliphatic carbocycles. The average molecular weight is 340 g/mol. The Morgan fingerprint density at radius 2 is 1.64 bits per heavy atom. The number of nitrogens with one attached hydrogen (secondary N) is 1. The first kappa shape index (κ1) is 18.2. The Kier molecular flexibility index (Phi) is 5.89. The van der Waals surface area contributed by atoms with Crippen LogP contribution < -0.4 is 15.0 Å². The van der Waals surface area contributed by atoms with Crippen molar-refractivity contribution in [3.63, 3.8) is 0 Å². The monoisotopic (exact) mass is 340 g/mol. The zero-order chi connectivity index (χ0) is 18.4. The maximum atomic E-state index is 12.3. The number of ketones is 1. The molecule has 0 aromatic heterocycles. The Bertz CT molecular complexity index is 784. The van der Waals surface area contributed by atoms with Crippen LogP contribution >= 0.6 is 0 Å². The molecule has 0 spiro atoms. The molecule has 0 radical (unpaired) electrons. The molecule has 0 saturated carbocycles. The lowest BCUT2D eigenvalue weighted by atomic mass is 10.1. The number of hydrogen-bond donors (Lipinski definition) is 1. The van der Waals surface area contributed by atoms with Gasteiger partial charge in [0.2, 0.25) is 11.8 Å². The normalized spacial score (nSPS) is 10.0. The molecule has 2 amide bonds. The molecule has 0 heterocycles. The highest BCUT2D eigenvalue weighted by atomic mass is 16.5. The number of methoxy groups -OCH3 is 1. The van der Waals surface area contributed by atoms with Crippen LogP contribution in [-0.4, -0.2) is 31.3 Å². The second kappa shape index (κ2) is 8.10. The third-order valence-corrected chi connectivity index (χ3v) is 3.63. The van der Waals surface area contributed by atoms with Crippen LogP contribution in [0.5, 0.6) is 5.75 Å². The topological polar surface area (TPSA) is 75.7 Å². The highest BCUT2D eigenvalue weighted by Crippen LogP contribution is 2.27. The van der Waals surface area contributed by atoms with Gasteiger partial charge in [-0.1, -0.05) is 12.1 Å². The zero-order valence-corrected chi connectivity index (χ0v) is 14.4. The fraction of sp³-hybridized carbons (Fsp3) is 0.211. The summed E-state index contributed by atoms with van der Waals surface area (Å²) in [5, 5.41) is 2.72. The van der Waals surface area contributed by atoms with Gasteiger partial charge in [-0.25, -0.2) is 0 Å². The van der Waals surface area contributed by atoms with Gasteiger partial charge in [-0.2, -0.15) is 0 Å². The molecule has 2 rings (SSSR count). The zero-order valence-electron chi connectivity index (χ0n) is 14.4. The summed E-state index contributed by atoms with van der Waals surface area (Å²) in [5.41, 5.74) is 1.65. The summed E-state index contributed by atoms with van der Waals surface area (Å²) in [6.45, 7) is 2.72. The summed E-state index contributed by atoms with van der Waals surface area (Å²) in [5.74, 6) is -0.156. The molecule has 2 aromatic carbocycles. The van der Waals surface area contributed by atoms with Crippen molar-refractivity contribution in [3.8, 4) is 5.75 Å². The van der Waals surface area contributed by atoms with Gasteiger partial charge in [0.25, 0.3) is 0 Å². The van der Waals surface area contributed by atoms with Gasteiger partial charge in [-0.05, 0) is 43.3 Å². The molecule has 0 aliphatic rings. The SMILES string of the molecule is COc1ccccc1N(CC(=O)Nc1ccc(C(C)=O)cc1)C(C)=O. The van der Waals surface area contributed by atoms with E-state index in [1.54, 1.807) is 48.5 Å². The van der Waals surface area contributed by atoms with Gasteiger partial charge in [0.1, 0.15) is 12.3 Å². The smallest absolute Gasteiger partial charge is 0.244 e. The first-order valence-corrected chi connectivity index (χ1v) is 7.74. The highest BCUT2D eigenvalue weighted by Gasteiger charge is 2.19. The van der Waals surface area contributed by atoms with E-state index in [4.69, 9.17) is 4.74 Å². The van der Waals surface area contributed by atoms with Crippen molar-refractivity contribution >= 4 is 29.0 Å². The van der Waals surface area contributed by atoms with Crippen LogP contribution in [0.25, 0.3) is 0 Å². The number of amides is 2. The van der Waals surface area contributed by atoms with Crippen LogP contribution in [0.2, 0.25) is 0 Å². The lowest BCUT2D eigenvalue weighted by Crippen LogP contribution is -2.36. The summed E-state index contributed by atoms with van der Waals surface area (Å²) in [6, 6.07) is 13.6. The highest BCUT2D eigenvalue weighted by molar-refractivity contribution is 6.02. The Balaban J connectivity index is 2.13. The molecule has 0 unspecified atom stereocenters. The van der Waals surface area contributed by atoms with Gasteiger partial charge in [0.15, 0.2) is 5.78 Å². The lowest BCUT2D eigenvalue weighted by Gasteiger charge is -2.22. The summed E-state index contributed by atoms with van der Waals surface area (Å²) < 4.78 is 5.25. The standard InChI is InChI=1S/C19H20N2O4/c1-13(22)15-8-10-16(11-9-15)20-19(24)12-21(14(2)23)17-6-4-5-7-18(17)25-3/h4-11H,12H2,1-3H3,(H,20,24). The molecule has 130 valence electrons. The third-order valence-electron chi connectivity index (χ3n) is 3.63. The van der Waals surface area contributed by atoms with E-state index < -0.39 is 0 Å². The Hall–Kier alpha value is -3.15. The molecule has 6 nitrogen and oxygen atoms in total. The number of para-hydroxylation sites is 2. The molecular formula is C19H20N2O4. The van der Waals surface area contributed by atoms with E-state index in [-0.39, 0.29) is 24.1 Å². The van der Waals surface area contributed by atoms with Crippen molar-refractivity contribution in [3.05, 3.63) is 54.1 Å². The summed E-state index contributed by atoms with van der Waals surface area (Å²) >= 11 is 0. The number of benzene rings is 2. The Labute approximate surface area is 146 Å². The van der Waals surface area contributed by atoms with Gasteiger partial charge in [-0.3, -0.25) is 19.3 Å². The molecule has 25 heavy (non-hydrogen) atoms. The fourth-order valence-electron chi connectivity index (χ4n) is 2.35. The van der Waals surface area contributed by atoms with Gasteiger partial charge in [0, 0.05) is 18.2 Å². The number of rotatable bonds is 6. The van der Waals surface area contributed by atoms with Crippen LogP contribution in [0.1, 0.15) is 24.2 Å². The van der Waals surface area contributed by atoms with Crippen molar-refractivity contribution in [1.29, 1.82) is 0 Å². The number of ether oxygens (including phenoxy) is 1. The van der Waals surface area contributed by atoms with Gasteiger partial charge < -0.3 is 10.1 Å². The lowest BCUT2D eigenvalue weighted by molar-refractivity contribution is -0.120. The molecular weight excluding hydrogens is 320 g/mol. The second-order valence-electron chi connectivity index (χ2n) is 5.46. The number of carbonyl (C=O) groups excluding carboxylic acids is 3. The summed E-state index contributed by atoms with van der Waals surface area (Å²) in [4.78, 5) is 36.9. The summed E-state index contributed by atoms with van der Waals surface area (Å²) in [7, 11) is 1.51. The first-order chi connectivity index (χ1) is 11.9. The summed E-state index contributed by atoms with van der Waals surface area (Å²) in [6.07, 6.45) is 0.